The molecule has 1 aromatic rings. The predicted molar refractivity (Wildman–Crippen MR) is 84.6 cm³/mol. The standard InChI is InChI=1S/C16H21ClN2O3/c1-11-6-13(16(21)22)9-19(8-11)10-15(20)18-7-12-2-4-14(17)5-3-12/h2-5,11,13H,6-10H2,1H3,(H,18,20)(H,21,22). The molecule has 2 N–H and O–H groups in total. The van der Waals surface area contributed by atoms with Gasteiger partial charge in [-0.05, 0) is 30.0 Å². The van der Waals surface area contributed by atoms with Gasteiger partial charge in [0.05, 0.1) is 12.5 Å². The monoisotopic (exact) mass is 324 g/mol. The van der Waals surface area contributed by atoms with E-state index in [1.54, 1.807) is 12.1 Å². The highest BCUT2D eigenvalue weighted by molar-refractivity contribution is 6.30. The minimum Gasteiger partial charge on any atom is -0.481 e. The molecular weight excluding hydrogens is 304 g/mol. The highest BCUT2D eigenvalue weighted by atomic mass is 35.5. The zero-order valence-corrected chi connectivity index (χ0v) is 13.3. The van der Waals surface area contributed by atoms with Crippen molar-refractivity contribution in [2.24, 2.45) is 11.8 Å². The molecule has 2 atom stereocenters. The molecular formula is C16H21ClN2O3. The third-order valence-corrected chi connectivity index (χ3v) is 4.11. The van der Waals surface area contributed by atoms with Crippen molar-refractivity contribution in [1.82, 2.24) is 10.2 Å². The highest BCUT2D eigenvalue weighted by Gasteiger charge is 2.30. The number of hydrogen-bond donors (Lipinski definition) is 2. The van der Waals surface area contributed by atoms with E-state index in [9.17, 15) is 9.59 Å². The van der Waals surface area contributed by atoms with Crippen molar-refractivity contribution in [2.75, 3.05) is 19.6 Å². The Morgan fingerprint density at radius 2 is 2.00 bits per heavy atom. The number of benzene rings is 1. The number of amides is 1. The molecule has 5 nitrogen and oxygen atoms in total. The number of nitrogens with zero attached hydrogens (tertiary/aromatic N) is 1. The fourth-order valence-electron chi connectivity index (χ4n) is 2.83. The van der Waals surface area contributed by atoms with Crippen molar-refractivity contribution in [1.29, 1.82) is 0 Å². The molecule has 2 unspecified atom stereocenters. The number of piperidine rings is 1. The molecule has 1 saturated heterocycles. The van der Waals surface area contributed by atoms with Crippen molar-refractivity contribution in [2.45, 2.75) is 19.9 Å². The van der Waals surface area contributed by atoms with Crippen molar-refractivity contribution in [3.8, 4) is 0 Å². The van der Waals surface area contributed by atoms with Crippen molar-refractivity contribution < 1.29 is 14.7 Å². The molecule has 1 aliphatic heterocycles. The van der Waals surface area contributed by atoms with Crippen LogP contribution in [0.1, 0.15) is 18.9 Å². The number of hydrogen-bond acceptors (Lipinski definition) is 3. The first-order valence-electron chi connectivity index (χ1n) is 7.40. The van der Waals surface area contributed by atoms with Crippen LogP contribution in [0.3, 0.4) is 0 Å². The Labute approximate surface area is 135 Å². The normalized spacial score (nSPS) is 22.3. The van der Waals surface area contributed by atoms with Crippen LogP contribution in [0.5, 0.6) is 0 Å². The highest BCUT2D eigenvalue weighted by Crippen LogP contribution is 2.21. The van der Waals surface area contributed by atoms with Gasteiger partial charge in [-0.2, -0.15) is 0 Å². The Balaban J connectivity index is 1.81. The average molecular weight is 325 g/mol. The molecule has 1 amide bonds. The summed E-state index contributed by atoms with van der Waals surface area (Å²) in [6, 6.07) is 7.30. The summed E-state index contributed by atoms with van der Waals surface area (Å²) in [4.78, 5) is 25.1. The van der Waals surface area contributed by atoms with Crippen molar-refractivity contribution in [3.63, 3.8) is 0 Å². The lowest BCUT2D eigenvalue weighted by molar-refractivity contribution is -0.145. The van der Waals surface area contributed by atoms with Gasteiger partial charge in [0.2, 0.25) is 5.91 Å². The number of carboxylic acids is 1. The quantitative estimate of drug-likeness (QED) is 0.869. The average Bonchev–Trinajstić information content (AvgIpc) is 2.46. The number of nitrogens with one attached hydrogen (secondary N) is 1. The summed E-state index contributed by atoms with van der Waals surface area (Å²) >= 11 is 5.81. The second kappa shape index (κ2) is 7.61. The lowest BCUT2D eigenvalue weighted by Gasteiger charge is -2.34. The number of carbonyl (C=O) groups is 2. The molecule has 2 rings (SSSR count). The SMILES string of the molecule is CC1CC(C(=O)O)CN(CC(=O)NCc2ccc(Cl)cc2)C1. The van der Waals surface area contributed by atoms with E-state index in [0.717, 1.165) is 12.1 Å². The van der Waals surface area contributed by atoms with Crippen LogP contribution in [0, 0.1) is 11.8 Å². The Morgan fingerprint density at radius 3 is 2.64 bits per heavy atom. The van der Waals surface area contributed by atoms with Crippen LogP contribution >= 0.6 is 11.6 Å². The maximum atomic E-state index is 12.0. The van der Waals surface area contributed by atoms with Gasteiger partial charge in [-0.15, -0.1) is 0 Å². The van der Waals surface area contributed by atoms with E-state index in [0.29, 0.717) is 30.5 Å². The molecule has 1 aromatic carbocycles. The number of aliphatic carboxylic acids is 1. The molecule has 6 heteroatoms. The van der Waals surface area contributed by atoms with Crippen LogP contribution in [0.2, 0.25) is 5.02 Å². The third-order valence-electron chi connectivity index (χ3n) is 3.85. The van der Waals surface area contributed by atoms with Gasteiger partial charge in [0, 0.05) is 24.7 Å². The number of halogens is 1. The Kier molecular flexibility index (Phi) is 5.80. The van der Waals surface area contributed by atoms with E-state index in [4.69, 9.17) is 16.7 Å². The van der Waals surface area contributed by atoms with Gasteiger partial charge in [0.25, 0.3) is 0 Å². The summed E-state index contributed by atoms with van der Waals surface area (Å²) in [5, 5.41) is 12.7. The maximum Gasteiger partial charge on any atom is 0.307 e. The zero-order chi connectivity index (χ0) is 16.1. The summed E-state index contributed by atoms with van der Waals surface area (Å²) in [6.45, 7) is 3.91. The summed E-state index contributed by atoms with van der Waals surface area (Å²) < 4.78 is 0. The lowest BCUT2D eigenvalue weighted by atomic mass is 9.90. The van der Waals surface area contributed by atoms with Crippen LogP contribution in [0.25, 0.3) is 0 Å². The number of rotatable bonds is 5. The van der Waals surface area contributed by atoms with E-state index in [1.807, 2.05) is 24.0 Å². The van der Waals surface area contributed by atoms with E-state index in [2.05, 4.69) is 5.32 Å². The number of carbonyl (C=O) groups excluding carboxylic acids is 1. The fourth-order valence-corrected chi connectivity index (χ4v) is 2.96. The topological polar surface area (TPSA) is 69.6 Å². The second-order valence-electron chi connectivity index (χ2n) is 5.97. The van der Waals surface area contributed by atoms with Crippen LogP contribution in [-0.2, 0) is 16.1 Å². The number of likely N-dealkylation sites (tertiary alicyclic amines) is 1. The summed E-state index contributed by atoms with van der Waals surface area (Å²) in [6.07, 6.45) is 0.679. The van der Waals surface area contributed by atoms with Gasteiger partial charge >= 0.3 is 5.97 Å². The minimum atomic E-state index is -0.780. The van der Waals surface area contributed by atoms with Gasteiger partial charge in [-0.1, -0.05) is 30.7 Å². The summed E-state index contributed by atoms with van der Waals surface area (Å²) in [5.74, 6) is -0.960. The first-order chi connectivity index (χ1) is 10.4. The molecule has 0 saturated carbocycles. The van der Waals surface area contributed by atoms with Crippen LogP contribution in [0.4, 0.5) is 0 Å². The van der Waals surface area contributed by atoms with Crippen LogP contribution < -0.4 is 5.32 Å². The molecule has 0 bridgehead atoms. The van der Waals surface area contributed by atoms with E-state index >= 15 is 0 Å². The van der Waals surface area contributed by atoms with Crippen LogP contribution in [0.15, 0.2) is 24.3 Å². The van der Waals surface area contributed by atoms with Crippen molar-refractivity contribution in [3.05, 3.63) is 34.9 Å². The van der Waals surface area contributed by atoms with Crippen LogP contribution in [-0.4, -0.2) is 41.5 Å². The van der Waals surface area contributed by atoms with Gasteiger partial charge in [-0.25, -0.2) is 0 Å². The molecule has 0 spiro atoms. The molecule has 1 heterocycles. The summed E-state index contributed by atoms with van der Waals surface area (Å²) in [5.41, 5.74) is 0.980. The summed E-state index contributed by atoms with van der Waals surface area (Å²) in [7, 11) is 0. The smallest absolute Gasteiger partial charge is 0.307 e. The third kappa shape index (κ3) is 5.00. The van der Waals surface area contributed by atoms with E-state index < -0.39 is 5.97 Å². The van der Waals surface area contributed by atoms with E-state index in [-0.39, 0.29) is 18.4 Å². The second-order valence-corrected chi connectivity index (χ2v) is 6.41. The number of carboxylic acid groups (broad SMARTS) is 1. The molecule has 1 fully saturated rings. The fraction of sp³-hybridized carbons (Fsp3) is 0.500. The van der Waals surface area contributed by atoms with Gasteiger partial charge in [0.1, 0.15) is 0 Å². The van der Waals surface area contributed by atoms with Crippen molar-refractivity contribution >= 4 is 23.5 Å². The van der Waals surface area contributed by atoms with Gasteiger partial charge in [-0.3, -0.25) is 14.5 Å². The lowest BCUT2D eigenvalue weighted by Crippen LogP contribution is -2.46. The molecule has 1 aliphatic rings. The largest absolute Gasteiger partial charge is 0.481 e. The molecule has 120 valence electrons. The first kappa shape index (κ1) is 16.8. The van der Waals surface area contributed by atoms with Gasteiger partial charge < -0.3 is 10.4 Å². The molecule has 22 heavy (non-hydrogen) atoms. The minimum absolute atomic E-state index is 0.0896. The van der Waals surface area contributed by atoms with E-state index in [1.165, 1.54) is 0 Å². The Bertz CT molecular complexity index is 533. The van der Waals surface area contributed by atoms with Gasteiger partial charge in [0.15, 0.2) is 0 Å². The Hall–Kier alpha value is -1.59. The maximum absolute atomic E-state index is 12.0. The molecule has 0 radical (unpaired) electrons. The molecule has 0 aliphatic carbocycles. The molecule has 0 aromatic heterocycles. The first-order valence-corrected chi connectivity index (χ1v) is 7.78. The Morgan fingerprint density at radius 1 is 1.32 bits per heavy atom. The predicted octanol–water partition coefficient (Wildman–Crippen LogP) is 2.00. The zero-order valence-electron chi connectivity index (χ0n) is 12.6.